The molecule has 0 atom stereocenters. The number of rotatable bonds is 5. The molecule has 0 spiro atoms. The van der Waals surface area contributed by atoms with Crippen LogP contribution >= 0.6 is 0 Å². The Morgan fingerprint density at radius 3 is 2.35 bits per heavy atom. The number of methoxy groups -OCH3 is 1. The lowest BCUT2D eigenvalue weighted by atomic mass is 10.2. The predicted molar refractivity (Wildman–Crippen MR) is 86.6 cm³/mol. The molecule has 0 aliphatic rings. The lowest BCUT2D eigenvalue weighted by Gasteiger charge is -2.18. The molecule has 0 fully saturated rings. The van der Waals surface area contributed by atoms with Gasteiger partial charge in [-0.05, 0) is 38.1 Å². The zero-order valence-electron chi connectivity index (χ0n) is 13.4. The number of benzene rings is 1. The standard InChI is InChI=1S/C16H20N4O3/c1-4-19(5-2)15(21)11-6-8-12(9-7-11)20-14(17)13(10-18-20)16(22)23-3/h6-10H,4-5,17H2,1-3H3. The molecule has 2 N–H and O–H groups in total. The molecule has 1 heterocycles. The van der Waals surface area contributed by atoms with Crippen molar-refractivity contribution in [2.45, 2.75) is 13.8 Å². The summed E-state index contributed by atoms with van der Waals surface area (Å²) in [6.45, 7) is 5.19. The molecule has 0 radical (unpaired) electrons. The first-order chi connectivity index (χ1) is 11.0. The first-order valence-electron chi connectivity index (χ1n) is 7.35. The van der Waals surface area contributed by atoms with Gasteiger partial charge in [0, 0.05) is 18.7 Å². The Hall–Kier alpha value is -2.83. The number of anilines is 1. The second kappa shape index (κ2) is 6.95. The van der Waals surface area contributed by atoms with Gasteiger partial charge in [-0.25, -0.2) is 9.48 Å². The zero-order chi connectivity index (χ0) is 17.0. The third-order valence-electron chi connectivity index (χ3n) is 3.62. The van der Waals surface area contributed by atoms with Gasteiger partial charge in [0.15, 0.2) is 0 Å². The summed E-state index contributed by atoms with van der Waals surface area (Å²) in [6, 6.07) is 6.91. The van der Waals surface area contributed by atoms with Crippen molar-refractivity contribution in [2.24, 2.45) is 0 Å². The Balaban J connectivity index is 2.28. The third-order valence-corrected chi connectivity index (χ3v) is 3.62. The average Bonchev–Trinajstić information content (AvgIpc) is 2.97. The second-order valence-corrected chi connectivity index (χ2v) is 4.87. The first kappa shape index (κ1) is 16.5. The molecule has 7 heteroatoms. The number of nitrogens with two attached hydrogens (primary N) is 1. The molecule has 0 saturated carbocycles. The monoisotopic (exact) mass is 316 g/mol. The first-order valence-corrected chi connectivity index (χ1v) is 7.35. The summed E-state index contributed by atoms with van der Waals surface area (Å²) in [7, 11) is 1.28. The van der Waals surface area contributed by atoms with E-state index in [4.69, 9.17) is 5.73 Å². The van der Waals surface area contributed by atoms with Crippen LogP contribution in [-0.4, -0.2) is 46.8 Å². The van der Waals surface area contributed by atoms with Gasteiger partial charge < -0.3 is 15.4 Å². The fourth-order valence-electron chi connectivity index (χ4n) is 2.27. The maximum absolute atomic E-state index is 12.3. The van der Waals surface area contributed by atoms with Gasteiger partial charge in [-0.3, -0.25) is 4.79 Å². The van der Waals surface area contributed by atoms with Crippen molar-refractivity contribution in [3.8, 4) is 5.69 Å². The van der Waals surface area contributed by atoms with Crippen LogP contribution in [0.3, 0.4) is 0 Å². The number of esters is 1. The van der Waals surface area contributed by atoms with Gasteiger partial charge in [-0.15, -0.1) is 0 Å². The van der Waals surface area contributed by atoms with Crippen LogP contribution in [-0.2, 0) is 4.74 Å². The largest absolute Gasteiger partial charge is 0.465 e. The molecular formula is C16H20N4O3. The maximum atomic E-state index is 12.3. The molecule has 0 saturated heterocycles. The van der Waals surface area contributed by atoms with Crippen LogP contribution in [0.4, 0.5) is 5.82 Å². The minimum atomic E-state index is -0.540. The molecule has 122 valence electrons. The van der Waals surface area contributed by atoms with Crippen molar-refractivity contribution >= 4 is 17.7 Å². The molecule has 0 unspecified atom stereocenters. The Morgan fingerprint density at radius 1 is 1.22 bits per heavy atom. The minimum Gasteiger partial charge on any atom is -0.465 e. The smallest absolute Gasteiger partial charge is 0.343 e. The van der Waals surface area contributed by atoms with Crippen molar-refractivity contribution in [1.29, 1.82) is 0 Å². The highest BCUT2D eigenvalue weighted by Crippen LogP contribution is 2.18. The molecule has 2 rings (SSSR count). The van der Waals surface area contributed by atoms with Crippen LogP contribution in [0.2, 0.25) is 0 Å². The van der Waals surface area contributed by atoms with Crippen molar-refractivity contribution in [3.63, 3.8) is 0 Å². The van der Waals surface area contributed by atoms with E-state index in [-0.39, 0.29) is 17.3 Å². The van der Waals surface area contributed by atoms with Crippen LogP contribution in [0.1, 0.15) is 34.6 Å². The van der Waals surface area contributed by atoms with Crippen molar-refractivity contribution in [3.05, 3.63) is 41.6 Å². The van der Waals surface area contributed by atoms with Crippen LogP contribution in [0, 0.1) is 0 Å². The van der Waals surface area contributed by atoms with Gasteiger partial charge in [0.1, 0.15) is 11.4 Å². The van der Waals surface area contributed by atoms with E-state index in [0.29, 0.717) is 24.3 Å². The van der Waals surface area contributed by atoms with E-state index < -0.39 is 5.97 Å². The second-order valence-electron chi connectivity index (χ2n) is 4.87. The van der Waals surface area contributed by atoms with E-state index in [1.54, 1.807) is 29.2 Å². The van der Waals surface area contributed by atoms with Gasteiger partial charge >= 0.3 is 5.97 Å². The highest BCUT2D eigenvalue weighted by atomic mass is 16.5. The summed E-state index contributed by atoms with van der Waals surface area (Å²) in [4.78, 5) is 25.6. The van der Waals surface area contributed by atoms with Crippen LogP contribution in [0.5, 0.6) is 0 Å². The van der Waals surface area contributed by atoms with Crippen LogP contribution in [0.15, 0.2) is 30.5 Å². The Bertz CT molecular complexity index is 703. The van der Waals surface area contributed by atoms with Crippen molar-refractivity contribution < 1.29 is 14.3 Å². The number of nitrogen functional groups attached to an aromatic ring is 1. The number of hydrogen-bond donors (Lipinski definition) is 1. The number of carbonyl (C=O) groups is 2. The number of nitrogens with zero attached hydrogens (tertiary/aromatic N) is 3. The number of ether oxygens (including phenoxy) is 1. The fourth-order valence-corrected chi connectivity index (χ4v) is 2.27. The predicted octanol–water partition coefficient (Wildman–Crippen LogP) is 1.72. The summed E-state index contributed by atoms with van der Waals surface area (Å²) < 4.78 is 6.07. The third kappa shape index (κ3) is 3.18. The maximum Gasteiger partial charge on any atom is 0.343 e. The molecule has 0 aliphatic heterocycles. The molecule has 1 aromatic carbocycles. The van der Waals surface area contributed by atoms with Crippen molar-refractivity contribution in [2.75, 3.05) is 25.9 Å². The quantitative estimate of drug-likeness (QED) is 0.848. The SMILES string of the molecule is CCN(CC)C(=O)c1ccc(-n2ncc(C(=O)OC)c2N)cc1. The molecule has 2 aromatic rings. The lowest BCUT2D eigenvalue weighted by molar-refractivity contribution is 0.0601. The summed E-state index contributed by atoms with van der Waals surface area (Å²) in [5.74, 6) is -0.369. The highest BCUT2D eigenvalue weighted by molar-refractivity contribution is 5.95. The van der Waals surface area contributed by atoms with E-state index >= 15 is 0 Å². The number of hydrogen-bond acceptors (Lipinski definition) is 5. The Morgan fingerprint density at radius 2 is 1.83 bits per heavy atom. The minimum absolute atomic E-state index is 0.0229. The van der Waals surface area contributed by atoms with Crippen LogP contribution in [0.25, 0.3) is 5.69 Å². The molecule has 7 nitrogen and oxygen atoms in total. The Labute approximate surface area is 134 Å². The van der Waals surface area contributed by atoms with E-state index in [1.807, 2.05) is 13.8 Å². The van der Waals surface area contributed by atoms with Gasteiger partial charge in [-0.2, -0.15) is 5.10 Å². The number of amides is 1. The molecule has 0 bridgehead atoms. The summed E-state index contributed by atoms with van der Waals surface area (Å²) in [5.41, 5.74) is 7.38. The van der Waals surface area contributed by atoms with Gasteiger partial charge in [0.2, 0.25) is 0 Å². The fraction of sp³-hybridized carbons (Fsp3) is 0.312. The summed E-state index contributed by atoms with van der Waals surface area (Å²) in [5, 5.41) is 4.09. The van der Waals surface area contributed by atoms with E-state index in [9.17, 15) is 9.59 Å². The topological polar surface area (TPSA) is 90.5 Å². The molecule has 1 aromatic heterocycles. The summed E-state index contributed by atoms with van der Waals surface area (Å²) >= 11 is 0. The Kier molecular flexibility index (Phi) is 5.00. The zero-order valence-corrected chi connectivity index (χ0v) is 13.4. The van der Waals surface area contributed by atoms with Gasteiger partial charge in [-0.1, -0.05) is 0 Å². The van der Waals surface area contributed by atoms with E-state index in [2.05, 4.69) is 9.84 Å². The average molecular weight is 316 g/mol. The van der Waals surface area contributed by atoms with E-state index in [1.165, 1.54) is 18.0 Å². The molecule has 0 aliphatic carbocycles. The normalized spacial score (nSPS) is 10.4. The number of carbonyl (C=O) groups excluding carboxylic acids is 2. The molecular weight excluding hydrogens is 296 g/mol. The molecule has 1 amide bonds. The van der Waals surface area contributed by atoms with E-state index in [0.717, 1.165) is 0 Å². The van der Waals surface area contributed by atoms with Gasteiger partial charge in [0.05, 0.1) is 19.0 Å². The van der Waals surface area contributed by atoms with Crippen molar-refractivity contribution in [1.82, 2.24) is 14.7 Å². The number of aromatic nitrogens is 2. The highest BCUT2D eigenvalue weighted by Gasteiger charge is 2.17. The molecule has 23 heavy (non-hydrogen) atoms. The van der Waals surface area contributed by atoms with Crippen LogP contribution < -0.4 is 5.73 Å². The summed E-state index contributed by atoms with van der Waals surface area (Å²) in [6.07, 6.45) is 1.36. The lowest BCUT2D eigenvalue weighted by Crippen LogP contribution is -2.30. The van der Waals surface area contributed by atoms with Gasteiger partial charge in [0.25, 0.3) is 5.91 Å².